The molecule has 1 N–H and O–H groups in total. The Morgan fingerprint density at radius 3 is 2.67 bits per heavy atom. The Labute approximate surface area is 75.3 Å². The zero-order valence-corrected chi connectivity index (χ0v) is 8.21. The summed E-state index contributed by atoms with van der Waals surface area (Å²) in [5.41, 5.74) is 0. The van der Waals surface area contributed by atoms with Crippen LogP contribution >= 0.6 is 0 Å². The van der Waals surface area contributed by atoms with Gasteiger partial charge in [-0.3, -0.25) is 4.90 Å². The van der Waals surface area contributed by atoms with Crippen LogP contribution < -0.4 is 5.32 Å². The molecule has 0 aliphatic carbocycles. The average Bonchev–Trinajstić information content (AvgIpc) is 2.58. The van der Waals surface area contributed by atoms with Crippen molar-refractivity contribution in [2.75, 3.05) is 19.6 Å². The first-order valence-corrected chi connectivity index (χ1v) is 5.24. The number of hydrogen-bond donors (Lipinski definition) is 1. The molecule has 12 heavy (non-hydrogen) atoms. The van der Waals surface area contributed by atoms with Gasteiger partial charge in [0.25, 0.3) is 0 Å². The lowest BCUT2D eigenvalue weighted by Crippen LogP contribution is -2.39. The van der Waals surface area contributed by atoms with E-state index in [1.165, 1.54) is 32.5 Å². The summed E-state index contributed by atoms with van der Waals surface area (Å²) < 4.78 is 0. The number of hydrogen-bond acceptors (Lipinski definition) is 2. The van der Waals surface area contributed by atoms with Gasteiger partial charge < -0.3 is 5.32 Å². The fourth-order valence-electron chi connectivity index (χ4n) is 2.76. The predicted molar refractivity (Wildman–Crippen MR) is 51.2 cm³/mol. The number of nitrogens with zero attached hydrogens (tertiary/aromatic N) is 1. The Morgan fingerprint density at radius 2 is 2.17 bits per heavy atom. The molecule has 2 rings (SSSR count). The van der Waals surface area contributed by atoms with Gasteiger partial charge in [-0.25, -0.2) is 0 Å². The second kappa shape index (κ2) is 3.35. The maximum absolute atomic E-state index is 3.44. The Hall–Kier alpha value is -0.0800. The number of likely N-dealkylation sites (tertiary alicyclic amines) is 1. The molecule has 0 aromatic rings. The molecule has 0 aromatic heterocycles. The van der Waals surface area contributed by atoms with Crippen molar-refractivity contribution in [3.05, 3.63) is 0 Å². The van der Waals surface area contributed by atoms with Crippen molar-refractivity contribution >= 4 is 0 Å². The van der Waals surface area contributed by atoms with E-state index in [1.54, 1.807) is 0 Å². The molecule has 0 radical (unpaired) electrons. The van der Waals surface area contributed by atoms with E-state index in [0.717, 1.165) is 18.0 Å². The molecular formula is C10H20N2. The summed E-state index contributed by atoms with van der Waals surface area (Å²) in [6, 6.07) is 1.66. The first kappa shape index (κ1) is 8.52. The summed E-state index contributed by atoms with van der Waals surface area (Å²) in [5.74, 6) is 0.917. The summed E-state index contributed by atoms with van der Waals surface area (Å²) in [5, 5.41) is 3.44. The third kappa shape index (κ3) is 1.50. The van der Waals surface area contributed by atoms with Crippen LogP contribution in [0.25, 0.3) is 0 Å². The average molecular weight is 168 g/mol. The highest BCUT2D eigenvalue weighted by molar-refractivity contribution is 4.89. The van der Waals surface area contributed by atoms with Gasteiger partial charge in [0.2, 0.25) is 0 Å². The molecule has 2 aliphatic rings. The topological polar surface area (TPSA) is 15.3 Å². The molecular weight excluding hydrogens is 148 g/mol. The fourth-order valence-corrected chi connectivity index (χ4v) is 2.76. The first-order valence-electron chi connectivity index (χ1n) is 5.24. The van der Waals surface area contributed by atoms with E-state index < -0.39 is 0 Å². The minimum atomic E-state index is 0.824. The zero-order valence-electron chi connectivity index (χ0n) is 8.21. The molecule has 2 aliphatic heterocycles. The van der Waals surface area contributed by atoms with Crippen molar-refractivity contribution in [2.45, 2.75) is 38.8 Å². The summed E-state index contributed by atoms with van der Waals surface area (Å²) >= 11 is 0. The van der Waals surface area contributed by atoms with Crippen LogP contribution in [0.4, 0.5) is 0 Å². The van der Waals surface area contributed by atoms with E-state index in [9.17, 15) is 0 Å². The quantitative estimate of drug-likeness (QED) is 0.630. The molecule has 70 valence electrons. The van der Waals surface area contributed by atoms with Crippen molar-refractivity contribution in [3.8, 4) is 0 Å². The van der Waals surface area contributed by atoms with Gasteiger partial charge in [-0.1, -0.05) is 6.92 Å². The van der Waals surface area contributed by atoms with E-state index in [0.29, 0.717) is 0 Å². The Kier molecular flexibility index (Phi) is 2.37. The van der Waals surface area contributed by atoms with Gasteiger partial charge in [0, 0.05) is 25.2 Å². The second-order valence-corrected chi connectivity index (χ2v) is 4.53. The van der Waals surface area contributed by atoms with Crippen molar-refractivity contribution in [1.29, 1.82) is 0 Å². The molecule has 0 spiro atoms. The van der Waals surface area contributed by atoms with Gasteiger partial charge in [-0.15, -0.1) is 0 Å². The molecule has 0 aromatic carbocycles. The lowest BCUT2D eigenvalue weighted by molar-refractivity contribution is 0.199. The van der Waals surface area contributed by atoms with E-state index in [4.69, 9.17) is 0 Å². The van der Waals surface area contributed by atoms with E-state index in [1.807, 2.05) is 0 Å². The largest absolute Gasteiger partial charge is 0.315 e. The Balaban J connectivity index is 1.94. The molecule has 2 saturated heterocycles. The number of rotatable bonds is 1. The van der Waals surface area contributed by atoms with Gasteiger partial charge in [0.15, 0.2) is 0 Å². The van der Waals surface area contributed by atoms with Crippen molar-refractivity contribution in [2.24, 2.45) is 5.92 Å². The summed E-state index contributed by atoms with van der Waals surface area (Å²) in [6.45, 7) is 8.52. The van der Waals surface area contributed by atoms with E-state index in [2.05, 4.69) is 24.1 Å². The monoisotopic (exact) mass is 168 g/mol. The van der Waals surface area contributed by atoms with Gasteiger partial charge in [0.1, 0.15) is 0 Å². The zero-order chi connectivity index (χ0) is 8.55. The fraction of sp³-hybridized carbons (Fsp3) is 1.00. The molecule has 0 bridgehead atoms. The van der Waals surface area contributed by atoms with Crippen LogP contribution in [0, 0.1) is 5.92 Å². The molecule has 0 amide bonds. The smallest absolute Gasteiger partial charge is 0.0235 e. The second-order valence-electron chi connectivity index (χ2n) is 4.53. The highest BCUT2D eigenvalue weighted by Gasteiger charge is 2.32. The number of nitrogens with one attached hydrogen (secondary N) is 1. The standard InChI is InChI=1S/C10H20N2/c1-8-5-9(2)12(7-8)10-3-4-11-6-10/h8-11H,3-7H2,1-2H3. The van der Waals surface area contributed by atoms with Crippen LogP contribution in [0.5, 0.6) is 0 Å². The predicted octanol–water partition coefficient (Wildman–Crippen LogP) is 1.08. The van der Waals surface area contributed by atoms with Gasteiger partial charge in [0.05, 0.1) is 0 Å². The summed E-state index contributed by atoms with van der Waals surface area (Å²) in [7, 11) is 0. The highest BCUT2D eigenvalue weighted by atomic mass is 15.2. The molecule has 3 atom stereocenters. The van der Waals surface area contributed by atoms with E-state index in [-0.39, 0.29) is 0 Å². The minimum absolute atomic E-state index is 0.824. The highest BCUT2D eigenvalue weighted by Crippen LogP contribution is 2.26. The summed E-state index contributed by atoms with van der Waals surface area (Å²) in [6.07, 6.45) is 2.76. The maximum atomic E-state index is 3.44. The van der Waals surface area contributed by atoms with Crippen LogP contribution in [0.2, 0.25) is 0 Å². The molecule has 2 heterocycles. The molecule has 3 unspecified atom stereocenters. The third-order valence-corrected chi connectivity index (χ3v) is 3.34. The van der Waals surface area contributed by atoms with E-state index >= 15 is 0 Å². The normalized spacial score (nSPS) is 44.0. The van der Waals surface area contributed by atoms with Gasteiger partial charge in [-0.05, 0) is 32.2 Å². The molecule has 2 fully saturated rings. The van der Waals surface area contributed by atoms with Crippen LogP contribution in [-0.2, 0) is 0 Å². The van der Waals surface area contributed by atoms with Gasteiger partial charge >= 0.3 is 0 Å². The Morgan fingerprint density at radius 1 is 1.33 bits per heavy atom. The lowest BCUT2D eigenvalue weighted by atomic mass is 10.1. The summed E-state index contributed by atoms with van der Waals surface area (Å²) in [4.78, 5) is 2.70. The first-order chi connectivity index (χ1) is 5.77. The van der Waals surface area contributed by atoms with Crippen LogP contribution in [0.15, 0.2) is 0 Å². The van der Waals surface area contributed by atoms with Crippen LogP contribution in [0.1, 0.15) is 26.7 Å². The lowest BCUT2D eigenvalue weighted by Gasteiger charge is -2.27. The van der Waals surface area contributed by atoms with Crippen molar-refractivity contribution in [3.63, 3.8) is 0 Å². The SMILES string of the molecule is CC1CC(C)N(C2CCNC2)C1. The minimum Gasteiger partial charge on any atom is -0.315 e. The molecule has 0 saturated carbocycles. The van der Waals surface area contributed by atoms with Crippen LogP contribution in [-0.4, -0.2) is 36.6 Å². The van der Waals surface area contributed by atoms with Crippen molar-refractivity contribution in [1.82, 2.24) is 10.2 Å². The Bertz CT molecular complexity index is 152. The van der Waals surface area contributed by atoms with Crippen molar-refractivity contribution < 1.29 is 0 Å². The van der Waals surface area contributed by atoms with Gasteiger partial charge in [-0.2, -0.15) is 0 Å². The maximum Gasteiger partial charge on any atom is 0.0235 e. The third-order valence-electron chi connectivity index (χ3n) is 3.34. The molecule has 2 heteroatoms. The van der Waals surface area contributed by atoms with Crippen LogP contribution in [0.3, 0.4) is 0 Å². The molecule has 2 nitrogen and oxygen atoms in total.